The summed E-state index contributed by atoms with van der Waals surface area (Å²) in [7, 11) is 0. The van der Waals surface area contributed by atoms with Crippen molar-refractivity contribution in [1.82, 2.24) is 10.3 Å². The number of nitrogens with one attached hydrogen (secondary N) is 1. The SMILES string of the molecule is Cc1ccc(F)c(-c2cnc(CNC3CC3)o2)c1F. The molecule has 1 aliphatic carbocycles. The van der Waals surface area contributed by atoms with Crippen LogP contribution >= 0.6 is 0 Å². The molecule has 0 radical (unpaired) electrons. The first-order valence-corrected chi connectivity index (χ1v) is 6.28. The van der Waals surface area contributed by atoms with Gasteiger partial charge in [-0.2, -0.15) is 0 Å². The second kappa shape index (κ2) is 4.74. The molecule has 1 N–H and O–H groups in total. The van der Waals surface area contributed by atoms with Crippen LogP contribution in [0.4, 0.5) is 8.78 Å². The van der Waals surface area contributed by atoms with Gasteiger partial charge in [0.25, 0.3) is 0 Å². The number of rotatable bonds is 4. The lowest BCUT2D eigenvalue weighted by Gasteiger charge is -2.04. The van der Waals surface area contributed by atoms with Gasteiger partial charge in [0.2, 0.25) is 5.89 Å². The first-order valence-electron chi connectivity index (χ1n) is 6.28. The highest BCUT2D eigenvalue weighted by Crippen LogP contribution is 2.28. The first kappa shape index (κ1) is 12.3. The summed E-state index contributed by atoms with van der Waals surface area (Å²) in [6.45, 7) is 2.07. The van der Waals surface area contributed by atoms with Crippen molar-refractivity contribution in [3.8, 4) is 11.3 Å². The number of halogens is 2. The molecule has 0 bridgehead atoms. The Kier molecular flexibility index (Phi) is 3.06. The zero-order valence-corrected chi connectivity index (χ0v) is 10.5. The predicted octanol–water partition coefficient (Wildman–Crippen LogP) is 3.18. The quantitative estimate of drug-likeness (QED) is 0.921. The Morgan fingerprint density at radius 3 is 2.89 bits per heavy atom. The van der Waals surface area contributed by atoms with Gasteiger partial charge in [-0.05, 0) is 31.4 Å². The van der Waals surface area contributed by atoms with Crippen molar-refractivity contribution in [2.24, 2.45) is 0 Å². The normalized spacial score (nSPS) is 14.9. The molecule has 3 rings (SSSR count). The molecule has 2 aromatic rings. The number of hydrogen-bond donors (Lipinski definition) is 1. The van der Waals surface area contributed by atoms with E-state index in [0.29, 0.717) is 24.0 Å². The molecule has 5 heteroatoms. The lowest BCUT2D eigenvalue weighted by molar-refractivity contribution is 0.470. The zero-order chi connectivity index (χ0) is 13.4. The lowest BCUT2D eigenvalue weighted by atomic mass is 10.1. The summed E-state index contributed by atoms with van der Waals surface area (Å²) in [6, 6.07) is 3.17. The van der Waals surface area contributed by atoms with E-state index in [1.807, 2.05) is 0 Å². The summed E-state index contributed by atoms with van der Waals surface area (Å²) in [5.41, 5.74) is 0.232. The molecule has 1 aliphatic rings. The maximum Gasteiger partial charge on any atom is 0.208 e. The number of hydrogen-bond acceptors (Lipinski definition) is 3. The molecule has 19 heavy (non-hydrogen) atoms. The van der Waals surface area contributed by atoms with Crippen molar-refractivity contribution in [1.29, 1.82) is 0 Å². The van der Waals surface area contributed by atoms with Crippen LogP contribution in [0.15, 0.2) is 22.7 Å². The van der Waals surface area contributed by atoms with E-state index >= 15 is 0 Å². The minimum Gasteiger partial charge on any atom is -0.439 e. The van der Waals surface area contributed by atoms with Crippen molar-refractivity contribution >= 4 is 0 Å². The van der Waals surface area contributed by atoms with Gasteiger partial charge >= 0.3 is 0 Å². The topological polar surface area (TPSA) is 38.1 Å². The summed E-state index contributed by atoms with van der Waals surface area (Å²) >= 11 is 0. The van der Waals surface area contributed by atoms with Crippen LogP contribution in [0.5, 0.6) is 0 Å². The van der Waals surface area contributed by atoms with Crippen molar-refractivity contribution in [2.45, 2.75) is 32.4 Å². The largest absolute Gasteiger partial charge is 0.439 e. The lowest BCUT2D eigenvalue weighted by Crippen LogP contribution is -2.15. The smallest absolute Gasteiger partial charge is 0.208 e. The molecule has 0 saturated heterocycles. The highest BCUT2D eigenvalue weighted by atomic mass is 19.1. The Bertz CT molecular complexity index is 605. The van der Waals surface area contributed by atoms with E-state index in [-0.39, 0.29) is 11.3 Å². The minimum absolute atomic E-state index is 0.131. The van der Waals surface area contributed by atoms with Gasteiger partial charge in [0.15, 0.2) is 5.76 Å². The van der Waals surface area contributed by atoms with Gasteiger partial charge in [0, 0.05) is 6.04 Å². The van der Waals surface area contributed by atoms with Crippen LogP contribution in [0.3, 0.4) is 0 Å². The second-order valence-electron chi connectivity index (χ2n) is 4.83. The third kappa shape index (κ3) is 2.51. The molecule has 0 unspecified atom stereocenters. The van der Waals surface area contributed by atoms with Gasteiger partial charge < -0.3 is 9.73 Å². The average Bonchev–Trinajstić information content (AvgIpc) is 3.11. The predicted molar refractivity (Wildman–Crippen MR) is 66.5 cm³/mol. The molecule has 1 aromatic heterocycles. The third-order valence-corrected chi connectivity index (χ3v) is 3.20. The van der Waals surface area contributed by atoms with Crippen LogP contribution in [0, 0.1) is 18.6 Å². The molecule has 0 spiro atoms. The van der Waals surface area contributed by atoms with E-state index < -0.39 is 11.6 Å². The Labute approximate surface area is 109 Å². The number of oxazole rings is 1. The van der Waals surface area contributed by atoms with Crippen molar-refractivity contribution in [3.63, 3.8) is 0 Å². The fraction of sp³-hybridized carbons (Fsp3) is 0.357. The van der Waals surface area contributed by atoms with Crippen molar-refractivity contribution in [3.05, 3.63) is 41.4 Å². The Balaban J connectivity index is 1.87. The maximum atomic E-state index is 13.9. The van der Waals surface area contributed by atoms with Gasteiger partial charge in [0.05, 0.1) is 18.3 Å². The van der Waals surface area contributed by atoms with Crippen LogP contribution in [0.2, 0.25) is 0 Å². The fourth-order valence-corrected chi connectivity index (χ4v) is 1.91. The van der Waals surface area contributed by atoms with Crippen molar-refractivity contribution in [2.75, 3.05) is 0 Å². The van der Waals surface area contributed by atoms with Crippen LogP contribution in [0.25, 0.3) is 11.3 Å². The molecular weight excluding hydrogens is 250 g/mol. The van der Waals surface area contributed by atoms with E-state index in [0.717, 1.165) is 12.8 Å². The Hall–Kier alpha value is -1.75. The van der Waals surface area contributed by atoms with Gasteiger partial charge in [0.1, 0.15) is 11.6 Å². The average molecular weight is 264 g/mol. The fourth-order valence-electron chi connectivity index (χ4n) is 1.91. The van der Waals surface area contributed by atoms with E-state index in [1.165, 1.54) is 18.3 Å². The number of nitrogens with zero attached hydrogens (tertiary/aromatic N) is 1. The summed E-state index contributed by atoms with van der Waals surface area (Å²) in [5, 5.41) is 3.23. The molecule has 1 heterocycles. The summed E-state index contributed by atoms with van der Waals surface area (Å²) in [4.78, 5) is 4.04. The molecule has 0 amide bonds. The van der Waals surface area contributed by atoms with Crippen molar-refractivity contribution < 1.29 is 13.2 Å². The maximum absolute atomic E-state index is 13.9. The highest BCUT2D eigenvalue weighted by Gasteiger charge is 2.22. The Morgan fingerprint density at radius 1 is 1.37 bits per heavy atom. The monoisotopic (exact) mass is 264 g/mol. The van der Waals surface area contributed by atoms with E-state index in [9.17, 15) is 8.78 Å². The Morgan fingerprint density at radius 2 is 2.16 bits per heavy atom. The number of aromatic nitrogens is 1. The standard InChI is InChI=1S/C14H14F2N2O/c1-8-2-5-10(15)13(14(8)16)11-6-18-12(19-11)7-17-9-3-4-9/h2,5-6,9,17H,3-4,7H2,1H3. The van der Waals surface area contributed by atoms with Crippen LogP contribution < -0.4 is 5.32 Å². The molecule has 0 aliphatic heterocycles. The van der Waals surface area contributed by atoms with E-state index in [2.05, 4.69) is 10.3 Å². The zero-order valence-electron chi connectivity index (χ0n) is 10.5. The third-order valence-electron chi connectivity index (χ3n) is 3.20. The summed E-state index contributed by atoms with van der Waals surface area (Å²) < 4.78 is 33.1. The summed E-state index contributed by atoms with van der Waals surface area (Å²) in [5.74, 6) is -0.660. The van der Waals surface area contributed by atoms with E-state index in [4.69, 9.17) is 4.42 Å². The van der Waals surface area contributed by atoms with E-state index in [1.54, 1.807) is 6.92 Å². The first-order chi connectivity index (χ1) is 9.15. The number of aryl methyl sites for hydroxylation is 1. The van der Waals surface area contributed by atoms with Gasteiger partial charge in [-0.15, -0.1) is 0 Å². The van der Waals surface area contributed by atoms with Gasteiger partial charge in [-0.25, -0.2) is 13.8 Å². The molecule has 100 valence electrons. The minimum atomic E-state index is -0.638. The molecule has 1 saturated carbocycles. The second-order valence-corrected chi connectivity index (χ2v) is 4.83. The molecular formula is C14H14F2N2O. The molecule has 0 atom stereocenters. The molecule has 1 aromatic carbocycles. The molecule has 3 nitrogen and oxygen atoms in total. The number of benzene rings is 1. The van der Waals surface area contributed by atoms with Crippen LogP contribution in [0.1, 0.15) is 24.3 Å². The molecule has 1 fully saturated rings. The summed E-state index contributed by atoms with van der Waals surface area (Å²) in [6.07, 6.45) is 3.69. The van der Waals surface area contributed by atoms with Gasteiger partial charge in [-0.1, -0.05) is 6.07 Å². The van der Waals surface area contributed by atoms with Crippen LogP contribution in [-0.2, 0) is 6.54 Å². The van der Waals surface area contributed by atoms with Gasteiger partial charge in [-0.3, -0.25) is 0 Å². The van der Waals surface area contributed by atoms with Crippen LogP contribution in [-0.4, -0.2) is 11.0 Å². The highest BCUT2D eigenvalue weighted by molar-refractivity contribution is 5.59.